The van der Waals surface area contributed by atoms with Gasteiger partial charge >= 0.3 is 11.9 Å². The van der Waals surface area contributed by atoms with Crippen molar-refractivity contribution in [2.45, 2.75) is 121 Å². The zero-order valence-corrected chi connectivity index (χ0v) is 24.1. The maximum Gasteiger partial charge on any atom is 0.306 e. The summed E-state index contributed by atoms with van der Waals surface area (Å²) >= 11 is 0. The molecule has 0 radical (unpaired) electrons. The smallest absolute Gasteiger partial charge is 0.306 e. The van der Waals surface area contributed by atoms with Crippen LogP contribution in [-0.2, 0) is 28.5 Å². The Morgan fingerprint density at radius 1 is 0.800 bits per heavy atom. The number of hydrogen-bond donors (Lipinski definition) is 4. The minimum Gasteiger partial charge on any atom is -0.462 e. The van der Waals surface area contributed by atoms with Gasteiger partial charge in [0.15, 0.2) is 12.4 Å². The molecule has 0 aromatic rings. The highest BCUT2D eigenvalue weighted by Crippen LogP contribution is 2.22. The fraction of sp³-hybridized carbons (Fsp3) is 0.733. The molecule has 0 aliphatic carbocycles. The van der Waals surface area contributed by atoms with Crippen LogP contribution in [-0.4, -0.2) is 89.0 Å². The van der Waals surface area contributed by atoms with Gasteiger partial charge in [0, 0.05) is 12.8 Å². The number of allylic oxidation sites excluding steroid dienone is 6. The summed E-state index contributed by atoms with van der Waals surface area (Å²) in [5.41, 5.74) is 0. The number of aliphatic hydroxyl groups excluding tert-OH is 4. The van der Waals surface area contributed by atoms with E-state index in [4.69, 9.17) is 18.9 Å². The van der Waals surface area contributed by atoms with Crippen LogP contribution in [0.25, 0.3) is 0 Å². The van der Waals surface area contributed by atoms with E-state index in [-0.39, 0.29) is 26.1 Å². The van der Waals surface area contributed by atoms with Crippen molar-refractivity contribution in [1.82, 2.24) is 0 Å². The highest BCUT2D eigenvalue weighted by Gasteiger charge is 2.44. The van der Waals surface area contributed by atoms with Crippen molar-refractivity contribution in [3.05, 3.63) is 36.5 Å². The molecule has 230 valence electrons. The molecule has 1 aliphatic heterocycles. The molecule has 1 aliphatic rings. The fourth-order valence-electron chi connectivity index (χ4n) is 3.94. The molecule has 1 fully saturated rings. The SMILES string of the molecule is CC/C=C\C/C=C\C/C=C\CCCCCCCC(=O)OC(COC(=O)CC)COC1OC(CO)C(O)C(O)C1O. The van der Waals surface area contributed by atoms with Crippen LogP contribution in [0.2, 0.25) is 0 Å². The molecule has 1 heterocycles. The molecule has 4 N–H and O–H groups in total. The molecule has 1 rings (SSSR count). The van der Waals surface area contributed by atoms with E-state index >= 15 is 0 Å². The Labute approximate surface area is 238 Å². The summed E-state index contributed by atoms with van der Waals surface area (Å²) in [5.74, 6) is -0.934. The lowest BCUT2D eigenvalue weighted by atomic mass is 9.99. The van der Waals surface area contributed by atoms with Gasteiger partial charge in [0.2, 0.25) is 0 Å². The van der Waals surface area contributed by atoms with E-state index in [1.807, 2.05) is 0 Å². The van der Waals surface area contributed by atoms with Crippen molar-refractivity contribution in [2.75, 3.05) is 19.8 Å². The standard InChI is InChI=1S/C30H50O10/c1-3-5-6-7-8-9-10-11-12-13-14-15-16-17-18-19-26(33)39-23(21-37-25(32)4-2)22-38-30-29(36)28(35)27(34)24(20-31)40-30/h5-6,8-9,11-12,23-24,27-31,34-36H,3-4,7,10,13-22H2,1-2H3/b6-5-,9-8-,12-11-. The molecule has 0 aromatic heterocycles. The third kappa shape index (κ3) is 15.6. The Balaban J connectivity index is 2.31. The Kier molecular flexibility index (Phi) is 20.3. The van der Waals surface area contributed by atoms with Crippen LogP contribution in [0, 0.1) is 0 Å². The highest BCUT2D eigenvalue weighted by atomic mass is 16.7. The minimum atomic E-state index is -1.59. The van der Waals surface area contributed by atoms with Gasteiger partial charge in [-0.1, -0.05) is 69.6 Å². The van der Waals surface area contributed by atoms with Gasteiger partial charge in [-0.15, -0.1) is 0 Å². The summed E-state index contributed by atoms with van der Waals surface area (Å²) in [4.78, 5) is 24.0. The van der Waals surface area contributed by atoms with Gasteiger partial charge < -0.3 is 39.4 Å². The first-order valence-electron chi connectivity index (χ1n) is 14.6. The maximum atomic E-state index is 12.4. The van der Waals surface area contributed by atoms with Gasteiger partial charge in [0.25, 0.3) is 0 Å². The number of ether oxygens (including phenoxy) is 4. The number of rotatable bonds is 21. The van der Waals surface area contributed by atoms with Crippen LogP contribution in [0.15, 0.2) is 36.5 Å². The zero-order chi connectivity index (χ0) is 29.6. The van der Waals surface area contributed by atoms with Gasteiger partial charge in [-0.25, -0.2) is 0 Å². The molecule has 10 nitrogen and oxygen atoms in total. The Bertz CT molecular complexity index is 764. The second-order valence-corrected chi connectivity index (χ2v) is 9.78. The molecule has 40 heavy (non-hydrogen) atoms. The van der Waals surface area contributed by atoms with Crippen LogP contribution in [0.3, 0.4) is 0 Å². The van der Waals surface area contributed by atoms with E-state index in [0.29, 0.717) is 6.42 Å². The van der Waals surface area contributed by atoms with Crippen LogP contribution < -0.4 is 0 Å². The molecule has 0 amide bonds. The Morgan fingerprint density at radius 2 is 1.45 bits per heavy atom. The predicted octanol–water partition coefficient (Wildman–Crippen LogP) is 3.26. The second kappa shape index (κ2) is 22.6. The van der Waals surface area contributed by atoms with Crippen LogP contribution in [0.5, 0.6) is 0 Å². The summed E-state index contributed by atoms with van der Waals surface area (Å²) in [6.45, 7) is 2.64. The van der Waals surface area contributed by atoms with E-state index in [1.165, 1.54) is 0 Å². The number of carbonyl (C=O) groups excluding carboxylic acids is 2. The summed E-state index contributed by atoms with van der Waals surface area (Å²) in [6.07, 6.45) is 14.1. The summed E-state index contributed by atoms with van der Waals surface area (Å²) < 4.78 is 21.3. The summed E-state index contributed by atoms with van der Waals surface area (Å²) in [5, 5.41) is 39.3. The topological polar surface area (TPSA) is 152 Å². The first kappa shape index (κ1) is 35.9. The number of esters is 2. The molecule has 1 saturated heterocycles. The summed E-state index contributed by atoms with van der Waals surface area (Å²) in [6, 6.07) is 0. The van der Waals surface area contributed by atoms with Crippen molar-refractivity contribution < 1.29 is 49.0 Å². The number of aliphatic hydroxyl groups is 4. The van der Waals surface area contributed by atoms with Crippen LogP contribution >= 0.6 is 0 Å². The normalized spacial score (nSPS) is 24.2. The number of hydrogen-bond acceptors (Lipinski definition) is 10. The Hall–Kier alpha value is -2.08. The molecule has 0 spiro atoms. The van der Waals surface area contributed by atoms with Gasteiger partial charge in [0.05, 0.1) is 13.2 Å². The number of carbonyl (C=O) groups is 2. The molecule has 0 aromatic carbocycles. The molecule has 6 unspecified atom stereocenters. The number of unbranched alkanes of at least 4 members (excludes halogenated alkanes) is 5. The Morgan fingerprint density at radius 3 is 2.12 bits per heavy atom. The molecule has 0 bridgehead atoms. The quantitative estimate of drug-likeness (QED) is 0.0919. The highest BCUT2D eigenvalue weighted by molar-refractivity contribution is 5.70. The molecular formula is C30H50O10. The van der Waals surface area contributed by atoms with Gasteiger partial charge in [-0.3, -0.25) is 9.59 Å². The largest absolute Gasteiger partial charge is 0.462 e. The summed E-state index contributed by atoms with van der Waals surface area (Å²) in [7, 11) is 0. The van der Waals surface area contributed by atoms with Crippen LogP contribution in [0.4, 0.5) is 0 Å². The van der Waals surface area contributed by atoms with Gasteiger partial charge in [0.1, 0.15) is 31.0 Å². The average molecular weight is 571 g/mol. The van der Waals surface area contributed by atoms with E-state index in [2.05, 4.69) is 43.4 Å². The first-order valence-corrected chi connectivity index (χ1v) is 14.6. The molecular weight excluding hydrogens is 520 g/mol. The maximum absolute atomic E-state index is 12.4. The first-order chi connectivity index (χ1) is 19.3. The molecule has 0 saturated carbocycles. The van der Waals surface area contributed by atoms with E-state index in [9.17, 15) is 30.0 Å². The lowest BCUT2D eigenvalue weighted by Gasteiger charge is -2.39. The van der Waals surface area contributed by atoms with Crippen molar-refractivity contribution in [1.29, 1.82) is 0 Å². The van der Waals surface area contributed by atoms with Crippen LogP contribution in [0.1, 0.15) is 84.5 Å². The van der Waals surface area contributed by atoms with Crippen molar-refractivity contribution in [3.63, 3.8) is 0 Å². The lowest BCUT2D eigenvalue weighted by Crippen LogP contribution is -2.59. The van der Waals surface area contributed by atoms with E-state index in [0.717, 1.165) is 51.4 Å². The van der Waals surface area contributed by atoms with Crippen molar-refractivity contribution >= 4 is 11.9 Å². The predicted molar refractivity (Wildman–Crippen MR) is 150 cm³/mol. The zero-order valence-electron chi connectivity index (χ0n) is 24.1. The monoisotopic (exact) mass is 570 g/mol. The van der Waals surface area contributed by atoms with Gasteiger partial charge in [-0.2, -0.15) is 0 Å². The van der Waals surface area contributed by atoms with E-state index in [1.54, 1.807) is 6.92 Å². The van der Waals surface area contributed by atoms with E-state index < -0.39 is 55.4 Å². The third-order valence-corrected chi connectivity index (χ3v) is 6.34. The molecule has 10 heteroatoms. The fourth-order valence-corrected chi connectivity index (χ4v) is 3.94. The minimum absolute atomic E-state index is 0.151. The van der Waals surface area contributed by atoms with Crippen molar-refractivity contribution in [3.8, 4) is 0 Å². The second-order valence-electron chi connectivity index (χ2n) is 9.78. The van der Waals surface area contributed by atoms with Crippen molar-refractivity contribution in [2.24, 2.45) is 0 Å². The lowest BCUT2D eigenvalue weighted by molar-refractivity contribution is -0.305. The third-order valence-electron chi connectivity index (χ3n) is 6.34. The molecule has 6 atom stereocenters. The average Bonchev–Trinajstić information content (AvgIpc) is 2.95. The van der Waals surface area contributed by atoms with Gasteiger partial charge in [-0.05, 0) is 38.5 Å².